The van der Waals surface area contributed by atoms with E-state index in [1.165, 1.54) is 12.1 Å². The molecule has 1 heterocycles. The van der Waals surface area contributed by atoms with Crippen molar-refractivity contribution in [3.63, 3.8) is 0 Å². The number of nitrogens with one attached hydrogen (secondary N) is 2. The van der Waals surface area contributed by atoms with Gasteiger partial charge in [0.2, 0.25) is 5.91 Å². The molecule has 0 unspecified atom stereocenters. The molecule has 0 aliphatic heterocycles. The molecular weight excluding hydrogens is 323 g/mol. The highest BCUT2D eigenvalue weighted by molar-refractivity contribution is 5.96. The summed E-state index contributed by atoms with van der Waals surface area (Å²) in [7, 11) is 1.83. The van der Waals surface area contributed by atoms with Gasteiger partial charge in [0, 0.05) is 12.6 Å². The third-order valence-electron chi connectivity index (χ3n) is 3.96. The molecule has 128 valence electrons. The van der Waals surface area contributed by atoms with E-state index >= 15 is 0 Å². The van der Waals surface area contributed by atoms with Crippen LogP contribution in [0, 0.1) is 12.7 Å². The number of aryl methyl sites for hydroxylation is 2. The van der Waals surface area contributed by atoms with Gasteiger partial charge in [-0.2, -0.15) is 0 Å². The minimum Gasteiger partial charge on any atom is -0.331 e. The summed E-state index contributed by atoms with van der Waals surface area (Å²) in [6, 6.07) is 11.5. The third-order valence-corrected chi connectivity index (χ3v) is 3.96. The molecular formula is C18H17FN4O2. The molecule has 0 bridgehead atoms. The number of carbonyl (C=O) groups excluding carboxylic acids is 2. The average Bonchev–Trinajstić information content (AvgIpc) is 2.91. The Kier molecular flexibility index (Phi) is 4.47. The van der Waals surface area contributed by atoms with Crippen LogP contribution >= 0.6 is 0 Å². The summed E-state index contributed by atoms with van der Waals surface area (Å²) < 4.78 is 15.1. The third kappa shape index (κ3) is 3.50. The smallest absolute Gasteiger partial charge is 0.270 e. The van der Waals surface area contributed by atoms with Crippen LogP contribution in [0.3, 0.4) is 0 Å². The van der Waals surface area contributed by atoms with Gasteiger partial charge in [0.15, 0.2) is 0 Å². The number of carbonyl (C=O) groups is 2. The Morgan fingerprint density at radius 3 is 2.68 bits per heavy atom. The molecule has 0 saturated heterocycles. The minimum atomic E-state index is -0.574. The molecule has 0 saturated carbocycles. The van der Waals surface area contributed by atoms with Crippen molar-refractivity contribution >= 4 is 22.8 Å². The van der Waals surface area contributed by atoms with Crippen LogP contribution in [-0.4, -0.2) is 21.4 Å². The zero-order valence-corrected chi connectivity index (χ0v) is 13.8. The van der Waals surface area contributed by atoms with E-state index in [0.717, 1.165) is 17.1 Å². The van der Waals surface area contributed by atoms with Crippen molar-refractivity contribution in [3.05, 3.63) is 65.2 Å². The number of rotatable bonds is 3. The van der Waals surface area contributed by atoms with Gasteiger partial charge in [0.05, 0.1) is 17.5 Å². The van der Waals surface area contributed by atoms with E-state index in [1.54, 1.807) is 6.92 Å². The molecule has 3 aromatic rings. The first kappa shape index (κ1) is 16.6. The van der Waals surface area contributed by atoms with Crippen LogP contribution in [0.2, 0.25) is 0 Å². The molecule has 2 amide bonds. The summed E-state index contributed by atoms with van der Waals surface area (Å²) in [6.07, 6.45) is 0.00753. The number of halogens is 1. The second kappa shape index (κ2) is 6.72. The maximum Gasteiger partial charge on any atom is 0.270 e. The Balaban J connectivity index is 1.65. The van der Waals surface area contributed by atoms with Gasteiger partial charge in [-0.3, -0.25) is 20.4 Å². The lowest BCUT2D eigenvalue weighted by atomic mass is 10.1. The lowest BCUT2D eigenvalue weighted by Crippen LogP contribution is -2.42. The van der Waals surface area contributed by atoms with Crippen LogP contribution in [0.25, 0.3) is 11.0 Å². The number of benzene rings is 2. The summed E-state index contributed by atoms with van der Waals surface area (Å²) in [5, 5.41) is 0. The van der Waals surface area contributed by atoms with Crippen molar-refractivity contribution in [2.24, 2.45) is 7.05 Å². The van der Waals surface area contributed by atoms with Crippen molar-refractivity contribution in [1.29, 1.82) is 0 Å². The maximum absolute atomic E-state index is 13.3. The average molecular weight is 340 g/mol. The molecule has 25 heavy (non-hydrogen) atoms. The molecule has 0 atom stereocenters. The predicted molar refractivity (Wildman–Crippen MR) is 91.2 cm³/mol. The molecule has 0 spiro atoms. The summed E-state index contributed by atoms with van der Waals surface area (Å²) in [5.74, 6) is -0.923. The van der Waals surface area contributed by atoms with Crippen LogP contribution in [0.15, 0.2) is 42.5 Å². The molecule has 1 aromatic heterocycles. The zero-order valence-electron chi connectivity index (χ0n) is 13.8. The number of fused-ring (bicyclic) bond motifs is 1. The highest BCUT2D eigenvalue weighted by Crippen LogP contribution is 2.14. The minimum absolute atomic E-state index is 0.00753. The largest absolute Gasteiger partial charge is 0.331 e. The maximum atomic E-state index is 13.3. The highest BCUT2D eigenvalue weighted by atomic mass is 19.1. The number of hydrogen-bond donors (Lipinski definition) is 2. The van der Waals surface area contributed by atoms with Crippen molar-refractivity contribution in [3.8, 4) is 0 Å². The summed E-state index contributed by atoms with van der Waals surface area (Å²) >= 11 is 0. The predicted octanol–water partition coefficient (Wildman–Crippen LogP) is 2.02. The zero-order chi connectivity index (χ0) is 18.0. The van der Waals surface area contributed by atoms with Crippen molar-refractivity contribution in [2.75, 3.05) is 0 Å². The van der Waals surface area contributed by atoms with E-state index in [4.69, 9.17) is 0 Å². The fourth-order valence-electron chi connectivity index (χ4n) is 2.57. The van der Waals surface area contributed by atoms with Crippen molar-refractivity contribution < 1.29 is 14.0 Å². The molecule has 3 rings (SSSR count). The number of hydrazine groups is 1. The molecule has 0 fully saturated rings. The quantitative estimate of drug-likeness (QED) is 0.716. The van der Waals surface area contributed by atoms with Crippen LogP contribution in [0.4, 0.5) is 4.39 Å². The summed E-state index contributed by atoms with van der Waals surface area (Å²) in [6.45, 7) is 1.69. The van der Waals surface area contributed by atoms with E-state index < -0.39 is 17.6 Å². The molecule has 0 radical (unpaired) electrons. The van der Waals surface area contributed by atoms with E-state index in [1.807, 2.05) is 35.9 Å². The number of aromatic nitrogens is 2. The Hall–Kier alpha value is -3.22. The first-order valence-corrected chi connectivity index (χ1v) is 7.71. The second-order valence-corrected chi connectivity index (χ2v) is 5.71. The van der Waals surface area contributed by atoms with Crippen molar-refractivity contribution in [2.45, 2.75) is 13.3 Å². The summed E-state index contributed by atoms with van der Waals surface area (Å²) in [4.78, 5) is 28.5. The fourth-order valence-corrected chi connectivity index (χ4v) is 2.57. The number of nitrogens with zero attached hydrogens (tertiary/aromatic N) is 2. The van der Waals surface area contributed by atoms with Gasteiger partial charge >= 0.3 is 0 Å². The number of amides is 2. The van der Waals surface area contributed by atoms with Crippen LogP contribution < -0.4 is 10.9 Å². The molecule has 7 heteroatoms. The standard InChI is InChI=1S/C18H17FN4O2/c1-11-7-8-12(19)9-13(11)18(25)22-21-17(24)10-16-20-14-5-3-4-6-15(14)23(16)2/h3-9H,10H2,1-2H3,(H,21,24)(H,22,25). The molecule has 2 aromatic carbocycles. The summed E-state index contributed by atoms with van der Waals surface area (Å²) in [5.41, 5.74) is 7.13. The molecule has 6 nitrogen and oxygen atoms in total. The topological polar surface area (TPSA) is 76.0 Å². The van der Waals surface area contributed by atoms with Gasteiger partial charge in [0.1, 0.15) is 11.6 Å². The lowest BCUT2D eigenvalue weighted by Gasteiger charge is -2.09. The highest BCUT2D eigenvalue weighted by Gasteiger charge is 2.14. The van der Waals surface area contributed by atoms with Gasteiger partial charge in [-0.15, -0.1) is 0 Å². The van der Waals surface area contributed by atoms with Gasteiger partial charge < -0.3 is 4.57 Å². The normalized spacial score (nSPS) is 10.7. The lowest BCUT2D eigenvalue weighted by molar-refractivity contribution is -0.121. The Morgan fingerprint density at radius 2 is 1.92 bits per heavy atom. The Bertz CT molecular complexity index is 965. The van der Waals surface area contributed by atoms with Gasteiger partial charge in [0.25, 0.3) is 5.91 Å². The molecule has 0 aliphatic carbocycles. The molecule has 0 aliphatic rings. The van der Waals surface area contributed by atoms with Crippen LogP contribution in [0.1, 0.15) is 21.7 Å². The van der Waals surface area contributed by atoms with E-state index in [2.05, 4.69) is 15.8 Å². The Labute approximate surface area is 143 Å². The van der Waals surface area contributed by atoms with Gasteiger partial charge in [-0.1, -0.05) is 18.2 Å². The number of para-hydroxylation sites is 2. The van der Waals surface area contributed by atoms with E-state index in [9.17, 15) is 14.0 Å². The second-order valence-electron chi connectivity index (χ2n) is 5.71. The fraction of sp³-hybridized carbons (Fsp3) is 0.167. The van der Waals surface area contributed by atoms with E-state index in [0.29, 0.717) is 11.4 Å². The van der Waals surface area contributed by atoms with Crippen molar-refractivity contribution in [1.82, 2.24) is 20.4 Å². The van der Waals surface area contributed by atoms with Crippen LogP contribution in [-0.2, 0) is 18.3 Å². The number of hydrogen-bond acceptors (Lipinski definition) is 3. The first-order chi connectivity index (χ1) is 12.0. The number of imidazole rings is 1. The van der Waals surface area contributed by atoms with Gasteiger partial charge in [-0.05, 0) is 36.8 Å². The van der Waals surface area contributed by atoms with Gasteiger partial charge in [-0.25, -0.2) is 9.37 Å². The Morgan fingerprint density at radius 1 is 1.16 bits per heavy atom. The monoisotopic (exact) mass is 340 g/mol. The molecule has 2 N–H and O–H groups in total. The first-order valence-electron chi connectivity index (χ1n) is 7.71. The van der Waals surface area contributed by atoms with Crippen LogP contribution in [0.5, 0.6) is 0 Å². The van der Waals surface area contributed by atoms with E-state index in [-0.39, 0.29) is 12.0 Å². The SMILES string of the molecule is Cc1ccc(F)cc1C(=O)NNC(=O)Cc1nc2ccccc2n1C.